The fourth-order valence-corrected chi connectivity index (χ4v) is 1.30. The van der Waals surface area contributed by atoms with Gasteiger partial charge < -0.3 is 9.47 Å². The molecule has 0 aromatic heterocycles. The molecule has 1 rings (SSSR count). The van der Waals surface area contributed by atoms with Crippen molar-refractivity contribution >= 4 is 0 Å². The average molecular weight is 193 g/mol. The maximum Gasteiger partial charge on any atom is 0.164 e. The van der Waals surface area contributed by atoms with E-state index in [1.54, 1.807) is 0 Å². The molecular weight excluding hydrogens is 176 g/mol. The first-order valence-corrected chi connectivity index (χ1v) is 4.91. The molecule has 1 aromatic carbocycles. The minimum Gasteiger partial charge on any atom is -0.490 e. The van der Waals surface area contributed by atoms with Crippen molar-refractivity contribution in [2.24, 2.45) is 0 Å². The topological polar surface area (TPSA) is 18.5 Å². The first kappa shape index (κ1) is 10.9. The Bertz CT molecular complexity index is 305. The van der Waals surface area contributed by atoms with E-state index in [1.165, 1.54) is 0 Å². The van der Waals surface area contributed by atoms with Gasteiger partial charge in [0.25, 0.3) is 0 Å². The van der Waals surface area contributed by atoms with Crippen LogP contribution in [0.1, 0.15) is 25.0 Å². The molecule has 0 saturated heterocycles. The highest BCUT2D eigenvalue weighted by atomic mass is 16.5. The second kappa shape index (κ2) is 4.89. The van der Waals surface area contributed by atoms with Crippen LogP contribution in [0.15, 0.2) is 12.1 Å². The van der Waals surface area contributed by atoms with Crippen molar-refractivity contribution in [3.63, 3.8) is 0 Å². The lowest BCUT2D eigenvalue weighted by atomic mass is 10.1. The van der Waals surface area contributed by atoms with E-state index in [2.05, 4.69) is 6.92 Å². The van der Waals surface area contributed by atoms with Gasteiger partial charge in [0.15, 0.2) is 11.5 Å². The molecule has 0 unspecified atom stereocenters. The quantitative estimate of drug-likeness (QED) is 0.732. The molecule has 0 bridgehead atoms. The van der Waals surface area contributed by atoms with Crippen LogP contribution in [0.2, 0.25) is 0 Å². The van der Waals surface area contributed by atoms with Crippen molar-refractivity contribution in [2.75, 3.05) is 13.2 Å². The standard InChI is InChI=1S/C12H17O2/c1-5-13-11-8-7-9(3)10(4)12(11)14-6-2/h7-8H,3,5-6H2,1-2,4H3. The molecule has 77 valence electrons. The van der Waals surface area contributed by atoms with Crippen molar-refractivity contribution in [2.45, 2.75) is 20.8 Å². The zero-order valence-electron chi connectivity index (χ0n) is 9.09. The van der Waals surface area contributed by atoms with Crippen LogP contribution in [-0.2, 0) is 0 Å². The molecule has 14 heavy (non-hydrogen) atoms. The third-order valence-corrected chi connectivity index (χ3v) is 2.07. The highest BCUT2D eigenvalue weighted by Gasteiger charge is 2.09. The Labute approximate surface area is 85.8 Å². The highest BCUT2D eigenvalue weighted by molar-refractivity contribution is 5.51. The summed E-state index contributed by atoms with van der Waals surface area (Å²) in [6.07, 6.45) is 0. The van der Waals surface area contributed by atoms with Gasteiger partial charge in [0.2, 0.25) is 0 Å². The summed E-state index contributed by atoms with van der Waals surface area (Å²) in [4.78, 5) is 0. The van der Waals surface area contributed by atoms with Gasteiger partial charge in [-0.2, -0.15) is 0 Å². The van der Waals surface area contributed by atoms with Crippen LogP contribution >= 0.6 is 0 Å². The van der Waals surface area contributed by atoms with E-state index in [9.17, 15) is 0 Å². The summed E-state index contributed by atoms with van der Waals surface area (Å²) in [5.74, 6) is 1.63. The molecule has 0 spiro atoms. The third-order valence-electron chi connectivity index (χ3n) is 2.07. The molecule has 0 amide bonds. The SMILES string of the molecule is [CH2]c1ccc(OCC)c(OCC)c1C. The molecule has 0 saturated carbocycles. The van der Waals surface area contributed by atoms with Gasteiger partial charge in [-0.15, -0.1) is 0 Å². The summed E-state index contributed by atoms with van der Waals surface area (Å²) in [6, 6.07) is 3.85. The minimum absolute atomic E-state index is 0.643. The zero-order chi connectivity index (χ0) is 10.6. The molecule has 0 aliphatic heterocycles. The van der Waals surface area contributed by atoms with Crippen LogP contribution < -0.4 is 9.47 Å². The van der Waals surface area contributed by atoms with Gasteiger partial charge in [-0.05, 0) is 44.9 Å². The summed E-state index contributed by atoms with van der Waals surface area (Å²) in [7, 11) is 0. The van der Waals surface area contributed by atoms with E-state index < -0.39 is 0 Å². The molecule has 0 heterocycles. The van der Waals surface area contributed by atoms with Gasteiger partial charge in [-0.25, -0.2) is 0 Å². The van der Waals surface area contributed by atoms with E-state index in [-0.39, 0.29) is 0 Å². The largest absolute Gasteiger partial charge is 0.490 e. The predicted octanol–water partition coefficient (Wildman–Crippen LogP) is 2.97. The predicted molar refractivity (Wildman–Crippen MR) is 58.0 cm³/mol. The monoisotopic (exact) mass is 193 g/mol. The lowest BCUT2D eigenvalue weighted by Gasteiger charge is -2.14. The molecule has 1 radical (unpaired) electrons. The van der Waals surface area contributed by atoms with E-state index in [0.717, 1.165) is 22.6 Å². The average Bonchev–Trinajstić information content (AvgIpc) is 2.18. The maximum atomic E-state index is 5.54. The summed E-state index contributed by atoms with van der Waals surface area (Å²) < 4.78 is 11.0. The molecule has 0 fully saturated rings. The highest BCUT2D eigenvalue weighted by Crippen LogP contribution is 2.32. The number of rotatable bonds is 4. The van der Waals surface area contributed by atoms with E-state index in [4.69, 9.17) is 9.47 Å². The van der Waals surface area contributed by atoms with E-state index in [0.29, 0.717) is 13.2 Å². The molecule has 0 aliphatic carbocycles. The van der Waals surface area contributed by atoms with Crippen molar-refractivity contribution < 1.29 is 9.47 Å². The number of hydrogen-bond donors (Lipinski definition) is 0. The van der Waals surface area contributed by atoms with Crippen LogP contribution in [0.3, 0.4) is 0 Å². The molecular formula is C12H17O2. The number of ether oxygens (including phenoxy) is 2. The first-order valence-electron chi connectivity index (χ1n) is 4.91. The summed E-state index contributed by atoms with van der Waals surface area (Å²) in [6.45, 7) is 11.1. The van der Waals surface area contributed by atoms with Gasteiger partial charge in [0.1, 0.15) is 0 Å². The van der Waals surface area contributed by atoms with Gasteiger partial charge in [-0.1, -0.05) is 6.07 Å². The van der Waals surface area contributed by atoms with Crippen LogP contribution in [0.5, 0.6) is 11.5 Å². The normalized spacial score (nSPS) is 10.0. The Morgan fingerprint density at radius 2 is 1.79 bits per heavy atom. The van der Waals surface area contributed by atoms with Crippen molar-refractivity contribution in [3.05, 3.63) is 30.2 Å². The third kappa shape index (κ3) is 2.19. The first-order chi connectivity index (χ1) is 6.70. The van der Waals surface area contributed by atoms with Crippen LogP contribution in [0, 0.1) is 13.8 Å². The number of hydrogen-bond acceptors (Lipinski definition) is 2. The maximum absolute atomic E-state index is 5.54. The Hall–Kier alpha value is -1.18. The zero-order valence-corrected chi connectivity index (χ0v) is 9.09. The summed E-state index contributed by atoms with van der Waals surface area (Å²) in [5, 5.41) is 0. The molecule has 0 aliphatic rings. The molecule has 2 nitrogen and oxygen atoms in total. The van der Waals surface area contributed by atoms with Gasteiger partial charge >= 0.3 is 0 Å². The van der Waals surface area contributed by atoms with Gasteiger partial charge in [-0.3, -0.25) is 0 Å². The fraction of sp³-hybridized carbons (Fsp3) is 0.417. The molecule has 0 N–H and O–H groups in total. The summed E-state index contributed by atoms with van der Waals surface area (Å²) >= 11 is 0. The Balaban J connectivity index is 3.08. The fourth-order valence-electron chi connectivity index (χ4n) is 1.30. The second-order valence-electron chi connectivity index (χ2n) is 3.04. The lowest BCUT2D eigenvalue weighted by Crippen LogP contribution is -2.01. The van der Waals surface area contributed by atoms with Crippen LogP contribution in [0.4, 0.5) is 0 Å². The summed E-state index contributed by atoms with van der Waals surface area (Å²) in [5.41, 5.74) is 2.04. The lowest BCUT2D eigenvalue weighted by molar-refractivity contribution is 0.286. The minimum atomic E-state index is 0.643. The van der Waals surface area contributed by atoms with E-state index >= 15 is 0 Å². The van der Waals surface area contributed by atoms with Gasteiger partial charge in [0.05, 0.1) is 13.2 Å². The van der Waals surface area contributed by atoms with E-state index in [1.807, 2.05) is 32.9 Å². The van der Waals surface area contributed by atoms with Crippen LogP contribution in [0.25, 0.3) is 0 Å². The van der Waals surface area contributed by atoms with Crippen molar-refractivity contribution in [1.29, 1.82) is 0 Å². The second-order valence-corrected chi connectivity index (χ2v) is 3.04. The Morgan fingerprint density at radius 1 is 1.14 bits per heavy atom. The van der Waals surface area contributed by atoms with Gasteiger partial charge in [0, 0.05) is 0 Å². The smallest absolute Gasteiger partial charge is 0.164 e. The van der Waals surface area contributed by atoms with Crippen LogP contribution in [-0.4, -0.2) is 13.2 Å². The Morgan fingerprint density at radius 3 is 2.36 bits per heavy atom. The van der Waals surface area contributed by atoms with Crippen molar-refractivity contribution in [3.8, 4) is 11.5 Å². The molecule has 1 aromatic rings. The molecule has 0 atom stereocenters. The van der Waals surface area contributed by atoms with Crippen molar-refractivity contribution in [1.82, 2.24) is 0 Å². The molecule has 2 heteroatoms. The number of benzene rings is 1. The Kier molecular flexibility index (Phi) is 3.81.